The van der Waals surface area contributed by atoms with Crippen LogP contribution < -0.4 is 10.6 Å². The van der Waals surface area contributed by atoms with Crippen LogP contribution in [-0.4, -0.2) is 18.4 Å². The van der Waals surface area contributed by atoms with Gasteiger partial charge in [-0.25, -0.2) is 0 Å². The van der Waals surface area contributed by atoms with Crippen molar-refractivity contribution in [3.63, 3.8) is 0 Å². The molecule has 0 spiro atoms. The molecule has 3 N–H and O–H groups in total. The summed E-state index contributed by atoms with van der Waals surface area (Å²) in [5, 5.41) is 8.23. The van der Waals surface area contributed by atoms with Crippen molar-refractivity contribution in [3.05, 3.63) is 28.8 Å². The molecule has 4 heteroatoms. The second kappa shape index (κ2) is 4.96. The van der Waals surface area contributed by atoms with Gasteiger partial charge in [0.05, 0.1) is 10.6 Å². The van der Waals surface area contributed by atoms with Crippen LogP contribution in [0.3, 0.4) is 0 Å². The zero-order chi connectivity index (χ0) is 12.4. The van der Waals surface area contributed by atoms with Crippen LogP contribution in [0.5, 0.6) is 0 Å². The van der Waals surface area contributed by atoms with Crippen molar-refractivity contribution in [2.75, 3.05) is 11.4 Å². The van der Waals surface area contributed by atoms with Crippen molar-refractivity contribution in [1.29, 1.82) is 5.41 Å². The maximum Gasteiger partial charge on any atom is 0.126 e. The average Bonchev–Trinajstić information content (AvgIpc) is 2.28. The lowest BCUT2D eigenvalue weighted by Crippen LogP contribution is -2.38. The van der Waals surface area contributed by atoms with Gasteiger partial charge in [0, 0.05) is 18.3 Å². The van der Waals surface area contributed by atoms with Crippen molar-refractivity contribution in [2.45, 2.75) is 32.2 Å². The van der Waals surface area contributed by atoms with Gasteiger partial charge in [-0.15, -0.1) is 0 Å². The van der Waals surface area contributed by atoms with Gasteiger partial charge in [-0.1, -0.05) is 17.7 Å². The number of halogens is 1. The van der Waals surface area contributed by atoms with E-state index in [0.29, 0.717) is 16.6 Å². The SMILES string of the molecule is CC1CCCCN1c1cccc(Cl)c1C(=N)N. The topological polar surface area (TPSA) is 53.1 Å². The van der Waals surface area contributed by atoms with Gasteiger partial charge in [0.25, 0.3) is 0 Å². The monoisotopic (exact) mass is 251 g/mol. The Labute approximate surface area is 107 Å². The maximum atomic E-state index is 7.67. The zero-order valence-electron chi connectivity index (χ0n) is 10.0. The molecule has 3 nitrogen and oxygen atoms in total. The van der Waals surface area contributed by atoms with Gasteiger partial charge in [0.2, 0.25) is 0 Å². The van der Waals surface area contributed by atoms with E-state index in [1.54, 1.807) is 6.07 Å². The highest BCUT2D eigenvalue weighted by Crippen LogP contribution is 2.31. The molecule has 1 saturated heterocycles. The molecule has 1 aromatic carbocycles. The summed E-state index contributed by atoms with van der Waals surface area (Å²) in [5.41, 5.74) is 7.31. The third-order valence-electron chi connectivity index (χ3n) is 3.37. The van der Waals surface area contributed by atoms with E-state index in [-0.39, 0.29) is 5.84 Å². The fourth-order valence-corrected chi connectivity index (χ4v) is 2.75. The summed E-state index contributed by atoms with van der Waals surface area (Å²) in [4.78, 5) is 2.31. The number of anilines is 1. The normalized spacial score (nSPS) is 20.4. The van der Waals surface area contributed by atoms with E-state index in [4.69, 9.17) is 22.7 Å². The smallest absolute Gasteiger partial charge is 0.126 e. The molecule has 0 bridgehead atoms. The lowest BCUT2D eigenvalue weighted by Gasteiger charge is -2.36. The summed E-state index contributed by atoms with van der Waals surface area (Å²) in [6.07, 6.45) is 3.64. The largest absolute Gasteiger partial charge is 0.384 e. The van der Waals surface area contributed by atoms with Crippen LogP contribution in [0.25, 0.3) is 0 Å². The number of piperidine rings is 1. The Hall–Kier alpha value is -1.22. The Kier molecular flexibility index (Phi) is 3.57. The number of benzene rings is 1. The molecule has 1 atom stereocenters. The number of hydrogen-bond donors (Lipinski definition) is 2. The molecule has 1 aliphatic heterocycles. The van der Waals surface area contributed by atoms with Gasteiger partial charge in [-0.3, -0.25) is 5.41 Å². The molecule has 1 unspecified atom stereocenters. The number of nitrogens with one attached hydrogen (secondary N) is 1. The van der Waals surface area contributed by atoms with Crippen molar-refractivity contribution < 1.29 is 0 Å². The van der Waals surface area contributed by atoms with Crippen LogP contribution in [0.2, 0.25) is 5.02 Å². The Balaban J connectivity index is 2.43. The van der Waals surface area contributed by atoms with E-state index in [1.165, 1.54) is 19.3 Å². The first-order valence-electron chi connectivity index (χ1n) is 6.01. The molecule has 0 radical (unpaired) electrons. The number of hydrogen-bond acceptors (Lipinski definition) is 2. The molecule has 0 amide bonds. The first-order valence-corrected chi connectivity index (χ1v) is 6.38. The van der Waals surface area contributed by atoms with Crippen LogP contribution in [-0.2, 0) is 0 Å². The molecule has 2 rings (SSSR count). The Morgan fingerprint density at radius 2 is 2.24 bits per heavy atom. The van der Waals surface area contributed by atoms with Gasteiger partial charge < -0.3 is 10.6 Å². The van der Waals surface area contributed by atoms with Gasteiger partial charge in [-0.05, 0) is 38.3 Å². The summed E-state index contributed by atoms with van der Waals surface area (Å²) >= 11 is 6.14. The van der Waals surface area contributed by atoms with Crippen LogP contribution in [0.1, 0.15) is 31.7 Å². The molecular weight excluding hydrogens is 234 g/mol. The van der Waals surface area contributed by atoms with E-state index in [9.17, 15) is 0 Å². The molecule has 17 heavy (non-hydrogen) atoms. The molecule has 1 fully saturated rings. The van der Waals surface area contributed by atoms with Crippen molar-refractivity contribution in [1.82, 2.24) is 0 Å². The second-order valence-electron chi connectivity index (χ2n) is 4.59. The minimum absolute atomic E-state index is 0.0448. The molecule has 92 valence electrons. The fourth-order valence-electron chi connectivity index (χ4n) is 2.47. The van der Waals surface area contributed by atoms with Crippen LogP contribution in [0, 0.1) is 5.41 Å². The molecular formula is C13H18ClN3. The van der Waals surface area contributed by atoms with Crippen LogP contribution in [0.15, 0.2) is 18.2 Å². The fraction of sp³-hybridized carbons (Fsp3) is 0.462. The number of rotatable bonds is 2. The van der Waals surface area contributed by atoms with Crippen molar-refractivity contribution in [2.24, 2.45) is 5.73 Å². The predicted molar refractivity (Wildman–Crippen MR) is 73.1 cm³/mol. The highest BCUT2D eigenvalue weighted by Gasteiger charge is 2.22. The highest BCUT2D eigenvalue weighted by molar-refractivity contribution is 6.34. The first kappa shape index (κ1) is 12.2. The molecule has 0 saturated carbocycles. The molecule has 0 aliphatic carbocycles. The Morgan fingerprint density at radius 3 is 2.88 bits per heavy atom. The number of nitrogens with zero attached hydrogens (tertiary/aromatic N) is 1. The highest BCUT2D eigenvalue weighted by atomic mass is 35.5. The third kappa shape index (κ3) is 2.39. The summed E-state index contributed by atoms with van der Waals surface area (Å²) in [5.74, 6) is 0.0448. The third-order valence-corrected chi connectivity index (χ3v) is 3.69. The first-order chi connectivity index (χ1) is 8.11. The maximum absolute atomic E-state index is 7.67. The summed E-state index contributed by atoms with van der Waals surface area (Å²) in [7, 11) is 0. The minimum atomic E-state index is 0.0448. The van der Waals surface area contributed by atoms with Gasteiger partial charge >= 0.3 is 0 Å². The predicted octanol–water partition coefficient (Wildman–Crippen LogP) is 3.00. The lowest BCUT2D eigenvalue weighted by atomic mass is 10.0. The zero-order valence-corrected chi connectivity index (χ0v) is 10.8. The van der Waals surface area contributed by atoms with Gasteiger partial charge in [0.15, 0.2) is 0 Å². The number of nitrogen functional groups attached to an aromatic ring is 1. The van der Waals surface area contributed by atoms with Crippen LogP contribution >= 0.6 is 11.6 Å². The average molecular weight is 252 g/mol. The van der Waals surface area contributed by atoms with E-state index >= 15 is 0 Å². The van der Waals surface area contributed by atoms with Gasteiger partial charge in [-0.2, -0.15) is 0 Å². The summed E-state index contributed by atoms with van der Waals surface area (Å²) in [6, 6.07) is 6.20. The summed E-state index contributed by atoms with van der Waals surface area (Å²) in [6.45, 7) is 3.23. The molecule has 1 aromatic rings. The van der Waals surface area contributed by atoms with E-state index < -0.39 is 0 Å². The van der Waals surface area contributed by atoms with Gasteiger partial charge in [0.1, 0.15) is 5.84 Å². The van der Waals surface area contributed by atoms with E-state index in [1.807, 2.05) is 12.1 Å². The standard InChI is InChI=1S/C13H18ClN3/c1-9-5-2-3-8-17(9)11-7-4-6-10(14)12(11)13(15)16/h4,6-7,9H,2-3,5,8H2,1H3,(H3,15,16). The molecule has 0 aromatic heterocycles. The summed E-state index contributed by atoms with van der Waals surface area (Å²) < 4.78 is 0. The second-order valence-corrected chi connectivity index (χ2v) is 4.99. The molecule has 1 heterocycles. The Bertz CT molecular complexity index is 431. The van der Waals surface area contributed by atoms with Crippen LogP contribution in [0.4, 0.5) is 5.69 Å². The molecule has 1 aliphatic rings. The Morgan fingerprint density at radius 1 is 1.47 bits per heavy atom. The van der Waals surface area contributed by atoms with E-state index in [0.717, 1.165) is 12.2 Å². The quantitative estimate of drug-likeness (QED) is 0.627. The lowest BCUT2D eigenvalue weighted by molar-refractivity contribution is 0.484. The van der Waals surface area contributed by atoms with Crippen molar-refractivity contribution in [3.8, 4) is 0 Å². The van der Waals surface area contributed by atoms with E-state index in [2.05, 4.69) is 11.8 Å². The number of amidine groups is 1. The minimum Gasteiger partial charge on any atom is -0.384 e. The number of nitrogens with two attached hydrogens (primary N) is 1. The van der Waals surface area contributed by atoms with Crippen molar-refractivity contribution >= 4 is 23.1 Å².